The third-order valence-corrected chi connectivity index (χ3v) is 3.62. The van der Waals surface area contributed by atoms with Gasteiger partial charge < -0.3 is 9.47 Å². The van der Waals surface area contributed by atoms with Crippen LogP contribution >= 0.6 is 0 Å². The first-order chi connectivity index (χ1) is 9.18. The maximum Gasteiger partial charge on any atom is 0.235 e. The molecule has 0 spiro atoms. The molecule has 0 aliphatic heterocycles. The Morgan fingerprint density at radius 3 is 2.63 bits per heavy atom. The first kappa shape index (κ1) is 13.7. The highest BCUT2D eigenvalue weighted by Crippen LogP contribution is 2.48. The molecule has 1 aromatic rings. The number of rotatable bonds is 5. The normalized spacial score (nSPS) is 16.4. The van der Waals surface area contributed by atoms with Gasteiger partial charge in [-0.1, -0.05) is 12.1 Å². The lowest BCUT2D eigenvalue weighted by molar-refractivity contribution is 0.179. The van der Waals surface area contributed by atoms with Crippen molar-refractivity contribution in [1.29, 1.82) is 0 Å². The number of aliphatic imine (C=N–C) groups is 1. The van der Waals surface area contributed by atoms with Gasteiger partial charge in [0.05, 0.1) is 13.7 Å². The highest BCUT2D eigenvalue weighted by molar-refractivity contribution is 5.48. The average molecular weight is 265 g/mol. The van der Waals surface area contributed by atoms with Crippen molar-refractivity contribution in [1.82, 2.24) is 0 Å². The molecular weight excluding hydrogens is 249 g/mol. The molecule has 0 atom stereocenters. The van der Waals surface area contributed by atoms with Crippen molar-refractivity contribution >= 4 is 6.08 Å². The zero-order valence-corrected chi connectivity index (χ0v) is 11.0. The summed E-state index contributed by atoms with van der Waals surface area (Å²) in [6.07, 6.45) is 3.97. The van der Waals surface area contributed by atoms with E-state index in [1.54, 1.807) is 18.2 Å². The van der Waals surface area contributed by atoms with Crippen LogP contribution in [0.1, 0.15) is 30.4 Å². The molecule has 5 heteroatoms. The van der Waals surface area contributed by atoms with E-state index in [0.29, 0.717) is 24.0 Å². The largest absolute Gasteiger partial charge is 0.493 e. The highest BCUT2D eigenvalue weighted by Gasteiger charge is 2.42. The van der Waals surface area contributed by atoms with E-state index in [1.807, 2.05) is 0 Å². The van der Waals surface area contributed by atoms with Gasteiger partial charge in [-0.05, 0) is 19.3 Å². The molecule has 0 heterocycles. The minimum absolute atomic E-state index is 0.147. The molecule has 0 amide bonds. The first-order valence-electron chi connectivity index (χ1n) is 6.12. The van der Waals surface area contributed by atoms with Gasteiger partial charge in [-0.3, -0.25) is 0 Å². The molecule has 0 radical (unpaired) electrons. The summed E-state index contributed by atoms with van der Waals surface area (Å²) in [5.74, 6) is -0.303. The minimum atomic E-state index is -0.667. The maximum atomic E-state index is 14.3. The molecule has 1 aromatic carbocycles. The van der Waals surface area contributed by atoms with Crippen LogP contribution in [0.4, 0.5) is 4.39 Å². The first-order valence-corrected chi connectivity index (χ1v) is 6.12. The zero-order chi connectivity index (χ0) is 13.9. The molecule has 19 heavy (non-hydrogen) atoms. The Kier molecular flexibility index (Phi) is 3.98. The predicted molar refractivity (Wildman–Crippen MR) is 67.3 cm³/mol. The van der Waals surface area contributed by atoms with Crippen LogP contribution in [0.25, 0.3) is 0 Å². The van der Waals surface area contributed by atoms with Crippen molar-refractivity contribution in [2.45, 2.75) is 31.4 Å². The van der Waals surface area contributed by atoms with Crippen molar-refractivity contribution in [3.05, 3.63) is 29.1 Å². The number of benzene rings is 1. The molecule has 1 aliphatic carbocycles. The van der Waals surface area contributed by atoms with Gasteiger partial charge in [0.25, 0.3) is 0 Å². The van der Waals surface area contributed by atoms with Gasteiger partial charge in [-0.25, -0.2) is 9.18 Å². The van der Waals surface area contributed by atoms with Gasteiger partial charge in [0.15, 0.2) is 11.6 Å². The summed E-state index contributed by atoms with van der Waals surface area (Å²) in [4.78, 5) is 14.5. The van der Waals surface area contributed by atoms with E-state index in [-0.39, 0.29) is 12.4 Å². The fourth-order valence-electron chi connectivity index (χ4n) is 2.47. The van der Waals surface area contributed by atoms with Crippen molar-refractivity contribution in [3.8, 4) is 5.75 Å². The van der Waals surface area contributed by atoms with E-state index in [4.69, 9.17) is 9.47 Å². The van der Waals surface area contributed by atoms with Crippen LogP contribution in [0.5, 0.6) is 5.75 Å². The molecule has 1 saturated carbocycles. The Labute approximate surface area is 111 Å². The summed E-state index contributed by atoms with van der Waals surface area (Å²) < 4.78 is 24.4. The van der Waals surface area contributed by atoms with Crippen molar-refractivity contribution < 1.29 is 18.7 Å². The van der Waals surface area contributed by atoms with E-state index in [2.05, 4.69) is 4.99 Å². The van der Waals surface area contributed by atoms with Gasteiger partial charge >= 0.3 is 0 Å². The number of nitrogens with zero attached hydrogens (tertiary/aromatic N) is 1. The lowest BCUT2D eigenvalue weighted by atomic mass is 9.72. The summed E-state index contributed by atoms with van der Waals surface area (Å²) in [6.45, 7) is 0.173. The van der Waals surface area contributed by atoms with E-state index in [9.17, 15) is 9.18 Å². The third-order valence-electron chi connectivity index (χ3n) is 3.62. The minimum Gasteiger partial charge on any atom is -0.493 e. The summed E-state index contributed by atoms with van der Waals surface area (Å²) >= 11 is 0. The van der Waals surface area contributed by atoms with Crippen molar-refractivity contribution in [2.24, 2.45) is 4.99 Å². The molecule has 0 unspecified atom stereocenters. The fourth-order valence-corrected chi connectivity index (χ4v) is 2.47. The molecule has 102 valence electrons. The van der Waals surface area contributed by atoms with E-state index < -0.39 is 11.4 Å². The number of methoxy groups -OCH3 is 2. The van der Waals surface area contributed by atoms with E-state index in [0.717, 1.165) is 6.42 Å². The molecule has 1 aliphatic rings. The van der Waals surface area contributed by atoms with Crippen LogP contribution < -0.4 is 4.74 Å². The van der Waals surface area contributed by atoms with Crippen molar-refractivity contribution in [2.75, 3.05) is 14.2 Å². The van der Waals surface area contributed by atoms with Crippen LogP contribution in [0.15, 0.2) is 17.1 Å². The van der Waals surface area contributed by atoms with Crippen LogP contribution in [0.3, 0.4) is 0 Å². The number of ether oxygens (including phenoxy) is 2. The van der Waals surface area contributed by atoms with Gasteiger partial charge in [0.2, 0.25) is 6.08 Å². The van der Waals surface area contributed by atoms with Gasteiger partial charge in [0.1, 0.15) is 5.54 Å². The Hall–Kier alpha value is -1.71. The lowest BCUT2D eigenvalue weighted by Crippen LogP contribution is -2.32. The number of carbonyl (C=O) groups excluding carboxylic acids is 1. The Balaban J connectivity index is 2.52. The number of isocyanates is 1. The van der Waals surface area contributed by atoms with Gasteiger partial charge in [0, 0.05) is 18.2 Å². The monoisotopic (exact) mass is 265 g/mol. The molecule has 1 fully saturated rings. The number of halogens is 1. The van der Waals surface area contributed by atoms with Crippen LogP contribution in [-0.2, 0) is 21.7 Å². The summed E-state index contributed by atoms with van der Waals surface area (Å²) in [5.41, 5.74) is 0.370. The standard InChI is InChI=1S/C14H16FNO3/c1-18-8-10-4-5-11(13(19-2)12(10)15)14(16-9-17)6-3-7-14/h4-5H,3,6-8H2,1-2H3. The van der Waals surface area contributed by atoms with Crippen LogP contribution in [0.2, 0.25) is 0 Å². The molecule has 2 rings (SSSR count). The summed E-state index contributed by atoms with van der Waals surface area (Å²) in [7, 11) is 2.92. The number of hydrogen-bond acceptors (Lipinski definition) is 4. The second kappa shape index (κ2) is 5.51. The summed E-state index contributed by atoms with van der Waals surface area (Å²) in [6, 6.07) is 3.41. The highest BCUT2D eigenvalue weighted by atomic mass is 19.1. The molecule has 0 aromatic heterocycles. The predicted octanol–water partition coefficient (Wildman–Crippen LogP) is 2.70. The molecule has 0 bridgehead atoms. The van der Waals surface area contributed by atoms with E-state index in [1.165, 1.54) is 14.2 Å². The SMILES string of the molecule is COCc1ccc(C2(N=C=O)CCC2)c(OC)c1F. The average Bonchev–Trinajstić information content (AvgIpc) is 2.36. The molecule has 0 saturated heterocycles. The zero-order valence-electron chi connectivity index (χ0n) is 11.0. The Morgan fingerprint density at radius 1 is 1.42 bits per heavy atom. The lowest BCUT2D eigenvalue weighted by Gasteiger charge is -2.38. The Morgan fingerprint density at radius 2 is 2.16 bits per heavy atom. The second-order valence-corrected chi connectivity index (χ2v) is 4.64. The molecule has 4 nitrogen and oxygen atoms in total. The fraction of sp³-hybridized carbons (Fsp3) is 0.500. The molecular formula is C14H16FNO3. The molecule has 0 N–H and O–H groups in total. The topological polar surface area (TPSA) is 47.9 Å². The summed E-state index contributed by atoms with van der Waals surface area (Å²) in [5, 5.41) is 0. The number of hydrogen-bond donors (Lipinski definition) is 0. The van der Waals surface area contributed by atoms with E-state index >= 15 is 0 Å². The second-order valence-electron chi connectivity index (χ2n) is 4.64. The Bertz CT molecular complexity index is 520. The van der Waals surface area contributed by atoms with Crippen LogP contribution in [0, 0.1) is 5.82 Å². The van der Waals surface area contributed by atoms with Crippen LogP contribution in [-0.4, -0.2) is 20.3 Å². The van der Waals surface area contributed by atoms with Crippen molar-refractivity contribution in [3.63, 3.8) is 0 Å². The maximum absolute atomic E-state index is 14.3. The smallest absolute Gasteiger partial charge is 0.235 e. The van der Waals surface area contributed by atoms with Gasteiger partial charge in [-0.15, -0.1) is 0 Å². The third kappa shape index (κ3) is 2.27. The quantitative estimate of drug-likeness (QED) is 0.607. The van der Waals surface area contributed by atoms with Gasteiger partial charge in [-0.2, -0.15) is 4.99 Å².